The highest BCUT2D eigenvalue weighted by molar-refractivity contribution is 8.13. The SMILES string of the molecule is O=S(=O)(Cl)CCc1c(F)ccc(O)c1Cl. The van der Waals surface area contributed by atoms with Gasteiger partial charge in [-0.2, -0.15) is 0 Å². The van der Waals surface area contributed by atoms with Crippen molar-refractivity contribution in [3.63, 3.8) is 0 Å². The Hall–Kier alpha value is -0.520. The van der Waals surface area contributed by atoms with Crippen molar-refractivity contribution in [3.8, 4) is 5.75 Å². The van der Waals surface area contributed by atoms with Crippen LogP contribution >= 0.6 is 22.3 Å². The van der Waals surface area contributed by atoms with Crippen LogP contribution in [0.15, 0.2) is 12.1 Å². The third-order valence-corrected chi connectivity index (χ3v) is 3.34. The summed E-state index contributed by atoms with van der Waals surface area (Å²) in [4.78, 5) is 0. The van der Waals surface area contributed by atoms with Crippen molar-refractivity contribution in [1.29, 1.82) is 0 Å². The maximum atomic E-state index is 13.2. The molecule has 1 rings (SSSR count). The van der Waals surface area contributed by atoms with E-state index in [2.05, 4.69) is 0 Å². The normalized spacial score (nSPS) is 11.7. The molecular formula is C8H7Cl2FO3S. The summed E-state index contributed by atoms with van der Waals surface area (Å²) in [7, 11) is 1.27. The Morgan fingerprint density at radius 2 is 2.00 bits per heavy atom. The highest BCUT2D eigenvalue weighted by Gasteiger charge is 2.14. The molecule has 0 aromatic heterocycles. The number of hydrogen-bond donors (Lipinski definition) is 1. The molecule has 7 heteroatoms. The van der Waals surface area contributed by atoms with E-state index in [1.807, 2.05) is 0 Å². The molecule has 0 radical (unpaired) electrons. The van der Waals surface area contributed by atoms with Crippen molar-refractivity contribution in [2.45, 2.75) is 6.42 Å². The molecule has 1 aromatic carbocycles. The number of rotatable bonds is 3. The fraction of sp³-hybridized carbons (Fsp3) is 0.250. The Balaban J connectivity index is 2.99. The third-order valence-electron chi connectivity index (χ3n) is 1.76. The maximum absolute atomic E-state index is 13.2. The smallest absolute Gasteiger partial charge is 0.232 e. The first-order chi connectivity index (χ1) is 6.81. The van der Waals surface area contributed by atoms with E-state index in [0.717, 1.165) is 12.1 Å². The van der Waals surface area contributed by atoms with E-state index in [1.165, 1.54) is 0 Å². The zero-order valence-corrected chi connectivity index (χ0v) is 9.70. The number of hydrogen-bond acceptors (Lipinski definition) is 3. The molecule has 0 aliphatic rings. The van der Waals surface area contributed by atoms with E-state index >= 15 is 0 Å². The number of halogens is 3. The van der Waals surface area contributed by atoms with Crippen LogP contribution in [-0.4, -0.2) is 19.3 Å². The molecule has 3 nitrogen and oxygen atoms in total. The van der Waals surface area contributed by atoms with Gasteiger partial charge in [0.25, 0.3) is 0 Å². The molecule has 0 spiro atoms. The highest BCUT2D eigenvalue weighted by atomic mass is 35.7. The average molecular weight is 273 g/mol. The summed E-state index contributed by atoms with van der Waals surface area (Å²) in [6, 6.07) is 2.10. The molecule has 0 aliphatic carbocycles. The first-order valence-corrected chi connectivity index (χ1v) is 6.75. The predicted molar refractivity (Wildman–Crippen MR) is 56.4 cm³/mol. The zero-order chi connectivity index (χ0) is 11.6. The van der Waals surface area contributed by atoms with Crippen LogP contribution in [0.25, 0.3) is 0 Å². The predicted octanol–water partition coefficient (Wildman–Crippen LogP) is 2.30. The molecule has 84 valence electrons. The Kier molecular flexibility index (Phi) is 3.81. The lowest BCUT2D eigenvalue weighted by molar-refractivity contribution is 0.472. The Morgan fingerprint density at radius 3 is 2.53 bits per heavy atom. The second-order valence-corrected chi connectivity index (χ2v) is 6.13. The van der Waals surface area contributed by atoms with Crippen LogP contribution in [0, 0.1) is 5.82 Å². The van der Waals surface area contributed by atoms with E-state index < -0.39 is 20.6 Å². The quantitative estimate of drug-likeness (QED) is 0.860. The molecule has 1 aromatic rings. The summed E-state index contributed by atoms with van der Waals surface area (Å²) < 4.78 is 34.5. The fourth-order valence-corrected chi connectivity index (χ4v) is 1.97. The van der Waals surface area contributed by atoms with Crippen molar-refractivity contribution in [2.75, 3.05) is 5.75 Å². The van der Waals surface area contributed by atoms with Crippen LogP contribution in [0.3, 0.4) is 0 Å². The number of aromatic hydroxyl groups is 1. The van der Waals surface area contributed by atoms with E-state index in [0.29, 0.717) is 0 Å². The summed E-state index contributed by atoms with van der Waals surface area (Å²) in [5.41, 5.74) is -0.0547. The van der Waals surface area contributed by atoms with Crippen molar-refractivity contribution in [3.05, 3.63) is 28.5 Å². The van der Waals surface area contributed by atoms with Crippen LogP contribution in [0.2, 0.25) is 5.02 Å². The zero-order valence-electron chi connectivity index (χ0n) is 7.37. The van der Waals surface area contributed by atoms with Gasteiger partial charge in [-0.1, -0.05) is 11.6 Å². The minimum atomic E-state index is -3.70. The van der Waals surface area contributed by atoms with Gasteiger partial charge in [0.1, 0.15) is 11.6 Å². The van der Waals surface area contributed by atoms with Gasteiger partial charge in [-0.05, 0) is 18.6 Å². The van der Waals surface area contributed by atoms with E-state index in [1.54, 1.807) is 0 Å². The summed E-state index contributed by atoms with van der Waals surface area (Å²) in [6.45, 7) is 0. The molecule has 1 N–H and O–H groups in total. The molecular weight excluding hydrogens is 266 g/mol. The molecule has 15 heavy (non-hydrogen) atoms. The van der Waals surface area contributed by atoms with E-state index in [4.69, 9.17) is 22.3 Å². The van der Waals surface area contributed by atoms with Crippen LogP contribution < -0.4 is 0 Å². The van der Waals surface area contributed by atoms with Crippen LogP contribution in [0.4, 0.5) is 4.39 Å². The van der Waals surface area contributed by atoms with Crippen molar-refractivity contribution < 1.29 is 17.9 Å². The topological polar surface area (TPSA) is 54.4 Å². The molecule has 0 atom stereocenters. The third kappa shape index (κ3) is 3.52. The number of phenols is 1. The van der Waals surface area contributed by atoms with Crippen molar-refractivity contribution in [2.24, 2.45) is 0 Å². The van der Waals surface area contributed by atoms with Gasteiger partial charge in [-0.25, -0.2) is 12.8 Å². The summed E-state index contributed by atoms with van der Waals surface area (Å²) in [5.74, 6) is -1.40. The molecule has 0 saturated carbocycles. The Morgan fingerprint density at radius 1 is 1.40 bits per heavy atom. The standard InChI is InChI=1S/C8H7Cl2FO3S/c9-8-5(3-4-15(10,13)14)6(11)1-2-7(8)12/h1-2,12H,3-4H2. The minimum Gasteiger partial charge on any atom is -0.506 e. The first kappa shape index (κ1) is 12.5. The monoisotopic (exact) mass is 272 g/mol. The molecule has 0 heterocycles. The number of benzene rings is 1. The van der Waals surface area contributed by atoms with Gasteiger partial charge in [0, 0.05) is 16.2 Å². The van der Waals surface area contributed by atoms with Gasteiger partial charge in [0.2, 0.25) is 9.05 Å². The van der Waals surface area contributed by atoms with Gasteiger partial charge < -0.3 is 5.11 Å². The summed E-state index contributed by atoms with van der Waals surface area (Å²) in [5, 5.41) is 8.99. The maximum Gasteiger partial charge on any atom is 0.232 e. The van der Waals surface area contributed by atoms with Gasteiger partial charge in [-0.15, -0.1) is 0 Å². The summed E-state index contributed by atoms with van der Waals surface area (Å²) >= 11 is 5.60. The van der Waals surface area contributed by atoms with Gasteiger partial charge in [0.05, 0.1) is 10.8 Å². The molecule has 0 amide bonds. The molecule has 0 saturated heterocycles. The van der Waals surface area contributed by atoms with Crippen LogP contribution in [-0.2, 0) is 15.5 Å². The minimum absolute atomic E-state index is 0.0547. The average Bonchev–Trinajstić information content (AvgIpc) is 2.10. The van der Waals surface area contributed by atoms with Gasteiger partial charge >= 0.3 is 0 Å². The second kappa shape index (κ2) is 4.55. The van der Waals surface area contributed by atoms with E-state index in [9.17, 15) is 17.9 Å². The molecule has 0 bridgehead atoms. The second-order valence-electron chi connectivity index (χ2n) is 2.85. The van der Waals surface area contributed by atoms with Crippen molar-refractivity contribution in [1.82, 2.24) is 0 Å². The molecule has 0 unspecified atom stereocenters. The summed E-state index contributed by atoms with van der Waals surface area (Å²) in [6.07, 6.45) is -0.176. The first-order valence-electron chi connectivity index (χ1n) is 3.89. The lowest BCUT2D eigenvalue weighted by atomic mass is 10.1. The van der Waals surface area contributed by atoms with Crippen LogP contribution in [0.5, 0.6) is 5.75 Å². The fourth-order valence-electron chi connectivity index (χ4n) is 1.04. The lowest BCUT2D eigenvalue weighted by Gasteiger charge is -2.05. The lowest BCUT2D eigenvalue weighted by Crippen LogP contribution is -2.03. The molecule has 0 aliphatic heterocycles. The van der Waals surface area contributed by atoms with Crippen LogP contribution in [0.1, 0.15) is 5.56 Å². The molecule has 0 fully saturated rings. The van der Waals surface area contributed by atoms with E-state index in [-0.39, 0.29) is 22.8 Å². The van der Waals surface area contributed by atoms with Crippen molar-refractivity contribution >= 4 is 31.3 Å². The number of phenolic OH excluding ortho intramolecular Hbond substituents is 1. The van der Waals surface area contributed by atoms with Gasteiger partial charge in [0.15, 0.2) is 0 Å². The highest BCUT2D eigenvalue weighted by Crippen LogP contribution is 2.29. The Labute approximate surface area is 95.9 Å². The largest absolute Gasteiger partial charge is 0.506 e. The van der Waals surface area contributed by atoms with Gasteiger partial charge in [-0.3, -0.25) is 0 Å². The Bertz CT molecular complexity index is 473.